The summed E-state index contributed by atoms with van der Waals surface area (Å²) in [5.74, 6) is -2.27. The van der Waals surface area contributed by atoms with Crippen LogP contribution in [0, 0.1) is 5.92 Å². The number of amides is 3. The molecule has 3 unspecified atom stereocenters. The van der Waals surface area contributed by atoms with Crippen LogP contribution in [0.15, 0.2) is 93.4 Å². The van der Waals surface area contributed by atoms with Crippen molar-refractivity contribution in [1.29, 1.82) is 0 Å². The van der Waals surface area contributed by atoms with Gasteiger partial charge in [-0.1, -0.05) is 63.3 Å². The van der Waals surface area contributed by atoms with Crippen LogP contribution in [0.25, 0.3) is 0 Å². The number of rotatable bonds is 5. The number of pyridine rings is 1. The Morgan fingerprint density at radius 2 is 1.74 bits per heavy atom. The minimum atomic E-state index is -0.749. The lowest BCUT2D eigenvalue weighted by atomic mass is 9.84. The third-order valence-corrected chi connectivity index (χ3v) is 9.67. The highest BCUT2D eigenvalue weighted by Crippen LogP contribution is 2.53. The summed E-state index contributed by atoms with van der Waals surface area (Å²) in [6, 6.07) is 19.6. The summed E-state index contributed by atoms with van der Waals surface area (Å²) in [5, 5.41) is 2.60. The highest BCUT2D eigenvalue weighted by Gasteiger charge is 2.56. The van der Waals surface area contributed by atoms with Crippen LogP contribution in [-0.4, -0.2) is 32.5 Å². The van der Waals surface area contributed by atoms with Crippen molar-refractivity contribution in [2.24, 2.45) is 5.92 Å². The van der Waals surface area contributed by atoms with Crippen LogP contribution in [0.4, 0.5) is 11.4 Å². The highest BCUT2D eigenvalue weighted by atomic mass is 79.9. The molecule has 1 fully saturated rings. The fourth-order valence-corrected chi connectivity index (χ4v) is 7.92. The second-order valence-electron chi connectivity index (χ2n) is 8.85. The largest absolute Gasteiger partial charge is 0.325 e. The van der Waals surface area contributed by atoms with E-state index in [9.17, 15) is 19.2 Å². The van der Waals surface area contributed by atoms with Gasteiger partial charge in [-0.3, -0.25) is 28.7 Å². The molecule has 3 amide bonds. The fourth-order valence-electron chi connectivity index (χ4n) is 4.88. The van der Waals surface area contributed by atoms with E-state index >= 15 is 0 Å². The maximum absolute atomic E-state index is 13.8. The van der Waals surface area contributed by atoms with Gasteiger partial charge in [0.05, 0.1) is 16.6 Å². The van der Waals surface area contributed by atoms with Gasteiger partial charge in [0.1, 0.15) is 11.8 Å². The predicted octanol–water partition coefficient (Wildman–Crippen LogP) is 4.50. The SMILES string of the molecule is O=C(Cn1c2c(sc1=O)C(c1cccnc1)C1C(=O)N(c3ccc(Br)cc3)C(=O)C1S2)Nc1ccccc1. The Morgan fingerprint density at radius 1 is 0.974 bits per heavy atom. The van der Waals surface area contributed by atoms with Crippen LogP contribution < -0.4 is 15.1 Å². The van der Waals surface area contributed by atoms with Crippen LogP contribution in [0.1, 0.15) is 16.4 Å². The van der Waals surface area contributed by atoms with Crippen molar-refractivity contribution in [3.05, 3.63) is 104 Å². The summed E-state index contributed by atoms with van der Waals surface area (Å²) in [7, 11) is 0. The van der Waals surface area contributed by atoms with Gasteiger partial charge in [-0.25, -0.2) is 4.90 Å². The average molecular weight is 608 g/mol. The zero-order valence-electron chi connectivity index (χ0n) is 19.6. The number of carbonyl (C=O) groups is 3. The second-order valence-corrected chi connectivity index (χ2v) is 11.9. The van der Waals surface area contributed by atoms with Crippen molar-refractivity contribution < 1.29 is 14.4 Å². The van der Waals surface area contributed by atoms with Crippen molar-refractivity contribution >= 4 is 68.1 Å². The van der Waals surface area contributed by atoms with E-state index in [0.717, 1.165) is 21.4 Å². The number of carbonyl (C=O) groups excluding carboxylic acids is 3. The van der Waals surface area contributed by atoms with Gasteiger partial charge in [0, 0.05) is 33.3 Å². The lowest BCUT2D eigenvalue weighted by Gasteiger charge is -2.30. The summed E-state index contributed by atoms with van der Waals surface area (Å²) in [5.41, 5.74) is 1.86. The van der Waals surface area contributed by atoms with Crippen molar-refractivity contribution in [1.82, 2.24) is 9.55 Å². The third kappa shape index (κ3) is 4.30. The number of hydrogen-bond acceptors (Lipinski definition) is 7. The van der Waals surface area contributed by atoms with E-state index in [1.807, 2.05) is 24.3 Å². The molecule has 0 saturated carbocycles. The number of imide groups is 1. The molecule has 8 nitrogen and oxygen atoms in total. The van der Waals surface area contributed by atoms with Crippen LogP contribution >= 0.6 is 39.0 Å². The molecule has 1 saturated heterocycles. The first-order chi connectivity index (χ1) is 18.4. The van der Waals surface area contributed by atoms with E-state index in [0.29, 0.717) is 21.3 Å². The minimum absolute atomic E-state index is 0.206. The number of nitrogens with zero attached hydrogens (tertiary/aromatic N) is 3. The van der Waals surface area contributed by atoms with Crippen molar-refractivity contribution in [3.63, 3.8) is 0 Å². The second kappa shape index (κ2) is 9.97. The van der Waals surface area contributed by atoms with Crippen molar-refractivity contribution in [2.45, 2.75) is 22.7 Å². The van der Waals surface area contributed by atoms with E-state index in [4.69, 9.17) is 0 Å². The van der Waals surface area contributed by atoms with Gasteiger partial charge in [-0.15, -0.1) is 0 Å². The van der Waals surface area contributed by atoms with Crippen LogP contribution in [0.5, 0.6) is 0 Å². The average Bonchev–Trinajstić information content (AvgIpc) is 3.36. The summed E-state index contributed by atoms with van der Waals surface area (Å²) in [4.78, 5) is 59.4. The zero-order chi connectivity index (χ0) is 26.4. The molecule has 0 aliphatic carbocycles. The predicted molar refractivity (Wildman–Crippen MR) is 150 cm³/mol. The molecule has 0 bridgehead atoms. The molecule has 190 valence electrons. The van der Waals surface area contributed by atoms with Crippen molar-refractivity contribution in [2.75, 3.05) is 10.2 Å². The number of thioether (sulfide) groups is 1. The highest BCUT2D eigenvalue weighted by molar-refractivity contribution is 9.10. The first kappa shape index (κ1) is 24.8. The number of fused-ring (bicyclic) bond motifs is 2. The molecule has 2 aliphatic rings. The summed E-state index contributed by atoms with van der Waals surface area (Å²) >= 11 is 5.59. The van der Waals surface area contributed by atoms with Crippen LogP contribution in [0.3, 0.4) is 0 Å². The molecule has 2 aromatic carbocycles. The first-order valence-electron chi connectivity index (χ1n) is 11.7. The molecule has 38 heavy (non-hydrogen) atoms. The Balaban J connectivity index is 1.41. The molecule has 2 aromatic heterocycles. The zero-order valence-corrected chi connectivity index (χ0v) is 22.8. The Bertz CT molecular complexity index is 1610. The van der Waals surface area contributed by atoms with Crippen LogP contribution in [0.2, 0.25) is 0 Å². The molecular formula is C27H19BrN4O4S2. The lowest BCUT2D eigenvalue weighted by Crippen LogP contribution is -2.33. The molecule has 3 atom stereocenters. The Morgan fingerprint density at radius 3 is 2.45 bits per heavy atom. The quantitative estimate of drug-likeness (QED) is 0.336. The lowest BCUT2D eigenvalue weighted by molar-refractivity contribution is -0.122. The Kier molecular flexibility index (Phi) is 6.50. The van der Waals surface area contributed by atoms with Gasteiger partial charge >= 0.3 is 4.87 Å². The number of hydrogen-bond donors (Lipinski definition) is 1. The number of halogens is 1. The molecular weight excluding hydrogens is 588 g/mol. The van der Waals surface area contributed by atoms with Crippen LogP contribution in [-0.2, 0) is 20.9 Å². The van der Waals surface area contributed by atoms with E-state index < -0.39 is 17.1 Å². The Hall–Kier alpha value is -3.54. The fraction of sp³-hybridized carbons (Fsp3) is 0.148. The summed E-state index contributed by atoms with van der Waals surface area (Å²) in [6.45, 7) is -0.206. The minimum Gasteiger partial charge on any atom is -0.325 e. The number of anilines is 2. The standard InChI is InChI=1S/C27H19BrN4O4S2/c28-16-8-10-18(11-9-16)32-24(34)21-20(15-5-4-12-29-13-15)23-26(37-22(21)25(32)35)31(27(36)38-23)14-19(33)30-17-6-2-1-3-7-17/h1-13,20-22H,14H2,(H,30,33). The topological polar surface area (TPSA) is 101 Å². The maximum atomic E-state index is 13.8. The van der Waals surface area contributed by atoms with Gasteiger partial charge in [-0.2, -0.15) is 0 Å². The molecule has 6 rings (SSSR count). The van der Waals surface area contributed by atoms with E-state index in [1.165, 1.54) is 21.2 Å². The Labute approximate surface area is 233 Å². The van der Waals surface area contributed by atoms with Gasteiger partial charge < -0.3 is 5.32 Å². The van der Waals surface area contributed by atoms with E-state index in [1.54, 1.807) is 54.9 Å². The maximum Gasteiger partial charge on any atom is 0.308 e. The monoisotopic (exact) mass is 606 g/mol. The number of thiazole rings is 1. The molecule has 4 heterocycles. The van der Waals surface area contributed by atoms with E-state index in [2.05, 4.69) is 26.2 Å². The van der Waals surface area contributed by atoms with Gasteiger partial charge in [0.25, 0.3) is 0 Å². The molecule has 2 aliphatic heterocycles. The number of benzene rings is 2. The van der Waals surface area contributed by atoms with Gasteiger partial charge in [-0.05, 0) is 48.0 Å². The smallest absolute Gasteiger partial charge is 0.308 e. The molecule has 4 aromatic rings. The molecule has 11 heteroatoms. The first-order valence-corrected chi connectivity index (χ1v) is 14.2. The molecule has 0 radical (unpaired) electrons. The van der Waals surface area contributed by atoms with E-state index in [-0.39, 0.29) is 29.1 Å². The summed E-state index contributed by atoms with van der Waals surface area (Å²) in [6.07, 6.45) is 3.30. The van der Waals surface area contributed by atoms with Gasteiger partial charge in [0.2, 0.25) is 17.7 Å². The number of nitrogens with one attached hydrogen (secondary N) is 1. The third-order valence-electron chi connectivity index (χ3n) is 6.54. The number of para-hydroxylation sites is 1. The summed E-state index contributed by atoms with van der Waals surface area (Å²) < 4.78 is 2.24. The molecule has 1 N–H and O–H groups in total. The molecule has 0 spiro atoms. The normalized spacial score (nSPS) is 20.2. The van der Waals surface area contributed by atoms with Crippen molar-refractivity contribution in [3.8, 4) is 0 Å². The number of aromatic nitrogens is 2. The van der Waals surface area contributed by atoms with Gasteiger partial charge in [0.15, 0.2) is 0 Å².